The number of fused-ring (bicyclic) bond motifs is 2. The minimum absolute atomic E-state index is 0.244. The smallest absolute Gasteiger partial charge is 0.382 e. The number of piperazine rings is 1. The van der Waals surface area contributed by atoms with Crippen molar-refractivity contribution in [2.45, 2.75) is 34.5 Å². The van der Waals surface area contributed by atoms with Crippen molar-refractivity contribution in [2.75, 3.05) is 64.9 Å². The Hall–Kier alpha value is -3.55. The molecule has 12 heteroatoms. The zero-order valence-corrected chi connectivity index (χ0v) is 26.1. The highest BCUT2D eigenvalue weighted by atomic mass is 32.2. The summed E-state index contributed by atoms with van der Waals surface area (Å²) in [5, 5.41) is 9.31. The molecule has 45 heavy (non-hydrogen) atoms. The van der Waals surface area contributed by atoms with E-state index < -0.39 is 29.5 Å². The van der Waals surface area contributed by atoms with Gasteiger partial charge in [0.05, 0.1) is 24.0 Å². The van der Waals surface area contributed by atoms with E-state index in [0.717, 1.165) is 28.6 Å². The van der Waals surface area contributed by atoms with Crippen LogP contribution in [0.5, 0.6) is 0 Å². The molecule has 0 bridgehead atoms. The van der Waals surface area contributed by atoms with Crippen LogP contribution in [-0.4, -0.2) is 99.1 Å². The summed E-state index contributed by atoms with van der Waals surface area (Å²) < 4.78 is 47.0. The summed E-state index contributed by atoms with van der Waals surface area (Å²) in [5.74, 6) is -6.43. The Balaban J connectivity index is 1.31. The van der Waals surface area contributed by atoms with E-state index in [1.54, 1.807) is 43.5 Å². The normalized spacial score (nSPS) is 16.8. The van der Waals surface area contributed by atoms with Crippen molar-refractivity contribution in [3.8, 4) is 0 Å². The van der Waals surface area contributed by atoms with Crippen molar-refractivity contribution in [2.24, 2.45) is 0 Å². The van der Waals surface area contributed by atoms with E-state index in [-0.39, 0.29) is 12.7 Å². The molecule has 0 amide bonds. The molecule has 1 saturated heterocycles. The Morgan fingerprint density at radius 1 is 0.844 bits per heavy atom. The van der Waals surface area contributed by atoms with Gasteiger partial charge in [-0.1, -0.05) is 60.3 Å². The highest BCUT2D eigenvalue weighted by Gasteiger charge is 2.44. The monoisotopic (exact) mass is 641 g/mol. The van der Waals surface area contributed by atoms with Crippen molar-refractivity contribution in [3.63, 3.8) is 0 Å². The second-order valence-electron chi connectivity index (χ2n) is 11.0. The van der Waals surface area contributed by atoms with E-state index in [4.69, 9.17) is 14.2 Å². The number of anilines is 2. The highest BCUT2D eigenvalue weighted by molar-refractivity contribution is 7.99. The van der Waals surface area contributed by atoms with Gasteiger partial charge in [-0.15, -0.1) is 0 Å². The first-order valence-electron chi connectivity index (χ1n) is 14.7. The number of alkyl halides is 2. The van der Waals surface area contributed by atoms with E-state index in [1.165, 1.54) is 31.0 Å². The number of rotatable bonds is 13. The summed E-state index contributed by atoms with van der Waals surface area (Å²) in [4.78, 5) is 32.1. The summed E-state index contributed by atoms with van der Waals surface area (Å²) in [7, 11) is 3.03. The van der Waals surface area contributed by atoms with Gasteiger partial charge in [0.1, 0.15) is 6.61 Å². The van der Waals surface area contributed by atoms with Gasteiger partial charge in [0, 0.05) is 68.8 Å². The Kier molecular flexibility index (Phi) is 10.7. The third-order valence-corrected chi connectivity index (χ3v) is 9.22. The first-order chi connectivity index (χ1) is 21.7. The first kappa shape index (κ1) is 32.8. The van der Waals surface area contributed by atoms with Gasteiger partial charge in [-0.2, -0.15) is 8.78 Å². The number of halogens is 2. The van der Waals surface area contributed by atoms with Crippen LogP contribution >= 0.6 is 11.8 Å². The van der Waals surface area contributed by atoms with Crippen LogP contribution in [0.2, 0.25) is 0 Å². The van der Waals surface area contributed by atoms with Gasteiger partial charge in [-0.25, -0.2) is 9.59 Å². The quantitative estimate of drug-likeness (QED) is 0.261. The van der Waals surface area contributed by atoms with E-state index in [9.17, 15) is 14.7 Å². The lowest BCUT2D eigenvalue weighted by Gasteiger charge is -2.39. The van der Waals surface area contributed by atoms with Crippen LogP contribution in [0, 0.1) is 0 Å². The SMILES string of the molecule is COC(CN1CCN(CC(OC)C(=O)O)CC1)CN1c2ccccc2Sc2ccc(C(F)(F)C(=O)OCc3ccccc3)cc21. The molecule has 1 fully saturated rings. The number of carbonyl (C=O) groups is 2. The summed E-state index contributed by atoms with van der Waals surface area (Å²) in [6.07, 6.45) is -1.14. The summed E-state index contributed by atoms with van der Waals surface area (Å²) in [5.41, 5.74) is 1.62. The summed E-state index contributed by atoms with van der Waals surface area (Å²) in [6.45, 7) is 3.88. The fraction of sp³-hybridized carbons (Fsp3) is 0.394. The number of nitrogens with zero attached hydrogens (tertiary/aromatic N) is 3. The Morgan fingerprint density at radius 2 is 1.49 bits per heavy atom. The predicted octanol–water partition coefficient (Wildman–Crippen LogP) is 4.86. The number of esters is 1. The molecular weight excluding hydrogens is 604 g/mol. The number of aliphatic carboxylic acids is 1. The molecule has 1 N–H and O–H groups in total. The number of methoxy groups -OCH3 is 2. The van der Waals surface area contributed by atoms with Crippen LogP contribution in [-0.2, 0) is 36.3 Å². The summed E-state index contributed by atoms with van der Waals surface area (Å²) >= 11 is 1.49. The van der Waals surface area contributed by atoms with Gasteiger partial charge in [-0.3, -0.25) is 9.80 Å². The standard InChI is InChI=1S/C33H37F2N3O6S/c1-42-25(19-36-14-16-37(17-15-36)21-28(43-2)31(39)40)20-38-26-10-6-7-11-29(26)45-30-13-12-24(18-27(30)38)33(34,35)32(41)44-22-23-8-4-3-5-9-23/h3-13,18,25,28H,14-17,19-22H2,1-2H3,(H,39,40). The molecule has 0 spiro atoms. The Labute approximate surface area is 265 Å². The van der Waals surface area contributed by atoms with E-state index in [2.05, 4.69) is 9.80 Å². The number of hydrogen-bond acceptors (Lipinski definition) is 9. The van der Waals surface area contributed by atoms with Crippen molar-refractivity contribution in [1.29, 1.82) is 0 Å². The van der Waals surface area contributed by atoms with Crippen molar-refractivity contribution < 1.29 is 37.7 Å². The van der Waals surface area contributed by atoms with Gasteiger partial charge >= 0.3 is 17.9 Å². The van der Waals surface area contributed by atoms with Crippen molar-refractivity contribution >= 4 is 35.1 Å². The van der Waals surface area contributed by atoms with Gasteiger partial charge in [0.25, 0.3) is 0 Å². The number of para-hydroxylation sites is 1. The molecule has 5 rings (SSSR count). The molecule has 2 atom stereocenters. The molecule has 9 nitrogen and oxygen atoms in total. The first-order valence-corrected chi connectivity index (χ1v) is 15.5. The topological polar surface area (TPSA) is 91.8 Å². The fourth-order valence-electron chi connectivity index (χ4n) is 5.49. The Bertz CT molecular complexity index is 1470. The molecule has 2 aliphatic rings. The average Bonchev–Trinajstić information content (AvgIpc) is 3.06. The third-order valence-electron chi connectivity index (χ3n) is 8.09. The molecule has 240 valence electrons. The zero-order valence-electron chi connectivity index (χ0n) is 25.2. The number of benzene rings is 3. The average molecular weight is 642 g/mol. The van der Waals surface area contributed by atoms with Crippen molar-refractivity contribution in [1.82, 2.24) is 9.80 Å². The van der Waals surface area contributed by atoms with Crippen LogP contribution in [0.4, 0.5) is 20.2 Å². The molecule has 2 heterocycles. The maximum Gasteiger partial charge on any atom is 0.382 e. The molecule has 0 radical (unpaired) electrons. The second kappa shape index (κ2) is 14.7. The van der Waals surface area contributed by atoms with Gasteiger partial charge < -0.3 is 24.2 Å². The number of carboxylic acid groups (broad SMARTS) is 1. The number of hydrogen-bond donors (Lipinski definition) is 1. The Morgan fingerprint density at radius 3 is 2.16 bits per heavy atom. The zero-order chi connectivity index (χ0) is 32.0. The van der Waals surface area contributed by atoms with Crippen LogP contribution in [0.1, 0.15) is 11.1 Å². The number of carboxylic acids is 1. The highest BCUT2D eigenvalue weighted by Crippen LogP contribution is 2.49. The van der Waals surface area contributed by atoms with Crippen LogP contribution in [0.3, 0.4) is 0 Å². The fourth-order valence-corrected chi connectivity index (χ4v) is 6.57. The molecule has 2 unspecified atom stereocenters. The van der Waals surface area contributed by atoms with Crippen LogP contribution < -0.4 is 4.90 Å². The minimum atomic E-state index is -3.85. The number of ether oxygens (including phenoxy) is 3. The summed E-state index contributed by atoms with van der Waals surface area (Å²) in [6, 6.07) is 20.8. The molecular formula is C33H37F2N3O6S. The van der Waals surface area contributed by atoms with Gasteiger partial charge in [0.2, 0.25) is 0 Å². The third kappa shape index (κ3) is 7.82. The molecule has 3 aromatic carbocycles. The largest absolute Gasteiger partial charge is 0.479 e. The van der Waals surface area contributed by atoms with E-state index >= 15 is 8.78 Å². The van der Waals surface area contributed by atoms with Gasteiger partial charge in [-0.05, 0) is 29.8 Å². The molecule has 0 aromatic heterocycles. The predicted molar refractivity (Wildman–Crippen MR) is 166 cm³/mol. The molecule has 0 aliphatic carbocycles. The lowest BCUT2D eigenvalue weighted by atomic mass is 10.1. The lowest BCUT2D eigenvalue weighted by Crippen LogP contribution is -2.52. The van der Waals surface area contributed by atoms with E-state index in [1.807, 2.05) is 29.2 Å². The minimum Gasteiger partial charge on any atom is -0.479 e. The van der Waals surface area contributed by atoms with Gasteiger partial charge in [0.15, 0.2) is 6.10 Å². The van der Waals surface area contributed by atoms with Crippen LogP contribution in [0.15, 0.2) is 82.6 Å². The molecule has 3 aromatic rings. The maximum absolute atomic E-state index is 15.5. The van der Waals surface area contributed by atoms with Crippen LogP contribution in [0.25, 0.3) is 0 Å². The van der Waals surface area contributed by atoms with E-state index in [0.29, 0.717) is 44.0 Å². The number of carbonyl (C=O) groups excluding carboxylic acids is 1. The lowest BCUT2D eigenvalue weighted by molar-refractivity contribution is -0.175. The molecule has 2 aliphatic heterocycles. The second-order valence-corrected chi connectivity index (χ2v) is 12.1. The molecule has 0 saturated carbocycles. The van der Waals surface area contributed by atoms with Crippen molar-refractivity contribution in [3.05, 3.63) is 83.9 Å². The maximum atomic E-state index is 15.5.